The summed E-state index contributed by atoms with van der Waals surface area (Å²) in [6, 6.07) is 5.05. The molecule has 2 rings (SSSR count). The summed E-state index contributed by atoms with van der Waals surface area (Å²) >= 11 is 1.27. The molecule has 2 heterocycles. The van der Waals surface area contributed by atoms with Gasteiger partial charge in [-0.25, -0.2) is 4.98 Å². The van der Waals surface area contributed by atoms with Crippen LogP contribution in [0.25, 0.3) is 5.65 Å². The Morgan fingerprint density at radius 2 is 2.05 bits per heavy atom. The quantitative estimate of drug-likeness (QED) is 0.375. The molecular weight excluding hydrogens is 278 g/mol. The van der Waals surface area contributed by atoms with Crippen molar-refractivity contribution in [2.45, 2.75) is 31.0 Å². The standard InChI is InChI=1S/C13H15N3O3S/c1-8(2)9(3)20-12-11(16(18)19)13(17)15-7-5-4-6-10(15)14-12/h4-9H,1-3H3/t9-/m0/s1. The van der Waals surface area contributed by atoms with E-state index in [1.54, 1.807) is 18.2 Å². The van der Waals surface area contributed by atoms with Gasteiger partial charge in [0.05, 0.1) is 4.92 Å². The van der Waals surface area contributed by atoms with Crippen molar-refractivity contribution in [3.63, 3.8) is 0 Å². The zero-order valence-electron chi connectivity index (χ0n) is 11.4. The zero-order chi connectivity index (χ0) is 14.9. The molecule has 0 saturated heterocycles. The number of rotatable bonds is 4. The monoisotopic (exact) mass is 293 g/mol. The van der Waals surface area contributed by atoms with Crippen LogP contribution >= 0.6 is 11.8 Å². The maximum atomic E-state index is 12.2. The topological polar surface area (TPSA) is 77.5 Å². The zero-order valence-corrected chi connectivity index (χ0v) is 12.3. The number of nitrogens with zero attached hydrogens (tertiary/aromatic N) is 3. The molecule has 2 aromatic rings. The van der Waals surface area contributed by atoms with E-state index in [2.05, 4.69) is 4.98 Å². The first kappa shape index (κ1) is 14.5. The Morgan fingerprint density at radius 3 is 2.65 bits per heavy atom. The molecule has 0 aliphatic carbocycles. The fourth-order valence-corrected chi connectivity index (χ4v) is 2.65. The number of nitro groups is 1. The van der Waals surface area contributed by atoms with E-state index < -0.39 is 16.2 Å². The lowest BCUT2D eigenvalue weighted by molar-refractivity contribution is -0.389. The highest BCUT2D eigenvalue weighted by Gasteiger charge is 2.25. The van der Waals surface area contributed by atoms with Crippen molar-refractivity contribution in [3.05, 3.63) is 44.9 Å². The van der Waals surface area contributed by atoms with Crippen LogP contribution in [-0.2, 0) is 0 Å². The van der Waals surface area contributed by atoms with Crippen molar-refractivity contribution in [3.8, 4) is 0 Å². The largest absolute Gasteiger partial charge is 0.366 e. The third-order valence-corrected chi connectivity index (χ3v) is 4.52. The third-order valence-electron chi connectivity index (χ3n) is 3.10. The summed E-state index contributed by atoms with van der Waals surface area (Å²) in [4.78, 5) is 27.0. The first-order chi connectivity index (χ1) is 9.41. The first-order valence-corrected chi connectivity index (χ1v) is 7.12. The molecule has 0 unspecified atom stereocenters. The predicted molar refractivity (Wildman–Crippen MR) is 78.3 cm³/mol. The van der Waals surface area contributed by atoms with Crippen LogP contribution in [-0.4, -0.2) is 19.6 Å². The van der Waals surface area contributed by atoms with Crippen LogP contribution in [0, 0.1) is 16.0 Å². The van der Waals surface area contributed by atoms with Crippen LogP contribution < -0.4 is 5.56 Å². The van der Waals surface area contributed by atoms with E-state index in [4.69, 9.17) is 0 Å². The lowest BCUT2D eigenvalue weighted by Gasteiger charge is -2.14. The van der Waals surface area contributed by atoms with Crippen molar-refractivity contribution in [2.24, 2.45) is 5.92 Å². The highest BCUT2D eigenvalue weighted by atomic mass is 32.2. The van der Waals surface area contributed by atoms with Crippen molar-refractivity contribution in [1.29, 1.82) is 0 Å². The normalized spacial score (nSPS) is 12.8. The summed E-state index contributed by atoms with van der Waals surface area (Å²) in [7, 11) is 0. The highest BCUT2D eigenvalue weighted by molar-refractivity contribution is 8.00. The van der Waals surface area contributed by atoms with Crippen LogP contribution in [0.15, 0.2) is 34.2 Å². The van der Waals surface area contributed by atoms with Crippen molar-refractivity contribution in [2.75, 3.05) is 0 Å². The average molecular weight is 293 g/mol. The van der Waals surface area contributed by atoms with Crippen LogP contribution in [0.4, 0.5) is 5.69 Å². The molecule has 20 heavy (non-hydrogen) atoms. The summed E-state index contributed by atoms with van der Waals surface area (Å²) in [5.74, 6) is 0.329. The molecule has 0 radical (unpaired) electrons. The van der Waals surface area contributed by atoms with Gasteiger partial charge in [0.2, 0.25) is 0 Å². The fraction of sp³-hybridized carbons (Fsp3) is 0.385. The van der Waals surface area contributed by atoms with Crippen LogP contribution in [0.5, 0.6) is 0 Å². The summed E-state index contributed by atoms with van der Waals surface area (Å²) in [5, 5.41) is 11.5. The summed E-state index contributed by atoms with van der Waals surface area (Å²) in [6.45, 7) is 6.02. The summed E-state index contributed by atoms with van der Waals surface area (Å²) in [6.07, 6.45) is 1.48. The Labute approximate surface area is 120 Å². The van der Waals surface area contributed by atoms with E-state index in [0.717, 1.165) is 0 Å². The van der Waals surface area contributed by atoms with Crippen LogP contribution in [0.3, 0.4) is 0 Å². The van der Waals surface area contributed by atoms with Gasteiger partial charge in [0.15, 0.2) is 5.03 Å². The molecule has 0 amide bonds. The summed E-state index contributed by atoms with van der Waals surface area (Å²) < 4.78 is 1.20. The fourth-order valence-electron chi connectivity index (χ4n) is 1.61. The van der Waals surface area contributed by atoms with Gasteiger partial charge in [-0.05, 0) is 18.1 Å². The Balaban J connectivity index is 2.66. The molecule has 2 aromatic heterocycles. The molecule has 0 spiro atoms. The molecule has 7 heteroatoms. The van der Waals surface area contributed by atoms with Gasteiger partial charge in [-0.3, -0.25) is 19.3 Å². The van der Waals surface area contributed by atoms with Gasteiger partial charge in [-0.2, -0.15) is 0 Å². The third kappa shape index (κ3) is 2.67. The second-order valence-corrected chi connectivity index (χ2v) is 6.19. The average Bonchev–Trinajstić information content (AvgIpc) is 2.38. The Kier molecular flexibility index (Phi) is 4.08. The van der Waals surface area contributed by atoms with Gasteiger partial charge in [-0.1, -0.05) is 38.6 Å². The number of thioether (sulfide) groups is 1. The Bertz CT molecular complexity index is 712. The minimum atomic E-state index is -0.649. The van der Waals surface area contributed by atoms with E-state index in [0.29, 0.717) is 11.6 Å². The minimum Gasteiger partial charge on any atom is -0.262 e. The van der Waals surface area contributed by atoms with E-state index in [1.807, 2.05) is 20.8 Å². The number of aromatic nitrogens is 2. The molecule has 1 atom stereocenters. The van der Waals surface area contributed by atoms with Gasteiger partial charge in [0.1, 0.15) is 5.65 Å². The molecule has 0 N–H and O–H groups in total. The van der Waals surface area contributed by atoms with Gasteiger partial charge >= 0.3 is 11.2 Å². The van der Waals surface area contributed by atoms with Gasteiger partial charge in [0, 0.05) is 11.4 Å². The first-order valence-electron chi connectivity index (χ1n) is 6.24. The molecule has 0 fully saturated rings. The van der Waals surface area contributed by atoms with Crippen molar-refractivity contribution < 1.29 is 4.92 Å². The number of hydrogen-bond acceptors (Lipinski definition) is 5. The van der Waals surface area contributed by atoms with Crippen molar-refractivity contribution in [1.82, 2.24) is 9.38 Å². The van der Waals surface area contributed by atoms with E-state index >= 15 is 0 Å². The molecular formula is C13H15N3O3S. The molecule has 106 valence electrons. The van der Waals surface area contributed by atoms with Gasteiger partial charge < -0.3 is 0 Å². The Hall–Kier alpha value is -1.89. The SMILES string of the molecule is CC(C)[C@H](C)Sc1nc2ccccn2c(=O)c1[N+](=O)[O-]. The minimum absolute atomic E-state index is 0.131. The van der Waals surface area contributed by atoms with Gasteiger partial charge in [-0.15, -0.1) is 0 Å². The molecule has 0 aliphatic heterocycles. The molecule has 0 saturated carbocycles. The smallest absolute Gasteiger partial charge is 0.262 e. The van der Waals surface area contributed by atoms with Crippen LogP contribution in [0.2, 0.25) is 0 Å². The van der Waals surface area contributed by atoms with E-state index in [1.165, 1.54) is 22.4 Å². The Morgan fingerprint density at radius 1 is 1.35 bits per heavy atom. The lowest BCUT2D eigenvalue weighted by Crippen LogP contribution is -2.20. The molecule has 0 aromatic carbocycles. The number of hydrogen-bond donors (Lipinski definition) is 0. The molecule has 6 nitrogen and oxygen atoms in total. The predicted octanol–water partition coefficient (Wildman–Crippen LogP) is 2.74. The second kappa shape index (κ2) is 5.62. The van der Waals surface area contributed by atoms with Crippen molar-refractivity contribution >= 4 is 23.1 Å². The summed E-state index contributed by atoms with van der Waals surface area (Å²) in [5.41, 5.74) is -0.674. The molecule has 0 bridgehead atoms. The maximum absolute atomic E-state index is 12.2. The number of pyridine rings is 1. The van der Waals surface area contributed by atoms with Gasteiger partial charge in [0.25, 0.3) is 0 Å². The van der Waals surface area contributed by atoms with E-state index in [9.17, 15) is 14.9 Å². The lowest BCUT2D eigenvalue weighted by atomic mass is 10.2. The molecule has 0 aliphatic rings. The maximum Gasteiger partial charge on any atom is 0.366 e. The number of fused-ring (bicyclic) bond motifs is 1. The second-order valence-electron chi connectivity index (χ2n) is 4.82. The van der Waals surface area contributed by atoms with E-state index in [-0.39, 0.29) is 10.3 Å². The highest BCUT2D eigenvalue weighted by Crippen LogP contribution is 2.31. The van der Waals surface area contributed by atoms with Crippen LogP contribution in [0.1, 0.15) is 20.8 Å².